The molecule has 0 radical (unpaired) electrons. The number of anilines is 1. The topological polar surface area (TPSA) is 24.5 Å². The van der Waals surface area contributed by atoms with E-state index in [2.05, 4.69) is 10.2 Å². The Kier molecular flexibility index (Phi) is 4.06. The van der Waals surface area contributed by atoms with Gasteiger partial charge in [0.1, 0.15) is 18.2 Å². The lowest BCUT2D eigenvalue weighted by molar-refractivity contribution is 0.331. The lowest BCUT2D eigenvalue weighted by atomic mass is 10.1. The highest BCUT2D eigenvalue weighted by molar-refractivity contribution is 5.56. The standard InChI is InChI=1S/C17H19FN2O/c1-19-11-13-6-4-7-15(18)17(13)20-9-10-21-16-8-3-2-5-14(16)12-20/h2-8,19H,9-12H2,1H3. The van der Waals surface area contributed by atoms with Crippen molar-refractivity contribution in [3.63, 3.8) is 0 Å². The van der Waals surface area contributed by atoms with Crippen LogP contribution >= 0.6 is 0 Å². The lowest BCUT2D eigenvalue weighted by Crippen LogP contribution is -2.28. The van der Waals surface area contributed by atoms with Gasteiger partial charge in [-0.3, -0.25) is 0 Å². The number of hydrogen-bond acceptors (Lipinski definition) is 3. The first-order valence-electron chi connectivity index (χ1n) is 7.17. The summed E-state index contributed by atoms with van der Waals surface area (Å²) in [4.78, 5) is 2.06. The second kappa shape index (κ2) is 6.14. The van der Waals surface area contributed by atoms with Crippen LogP contribution in [0.2, 0.25) is 0 Å². The lowest BCUT2D eigenvalue weighted by Gasteiger charge is -2.25. The van der Waals surface area contributed by atoms with Crippen LogP contribution in [0.15, 0.2) is 42.5 Å². The Morgan fingerprint density at radius 3 is 2.90 bits per heavy atom. The van der Waals surface area contributed by atoms with Crippen LogP contribution in [0, 0.1) is 5.82 Å². The largest absolute Gasteiger partial charge is 0.491 e. The molecule has 1 aliphatic heterocycles. The summed E-state index contributed by atoms with van der Waals surface area (Å²) in [7, 11) is 1.87. The Morgan fingerprint density at radius 2 is 2.05 bits per heavy atom. The molecule has 0 spiro atoms. The van der Waals surface area contributed by atoms with Gasteiger partial charge in [-0.05, 0) is 24.7 Å². The number of benzene rings is 2. The van der Waals surface area contributed by atoms with E-state index in [9.17, 15) is 4.39 Å². The molecule has 0 saturated heterocycles. The molecule has 21 heavy (non-hydrogen) atoms. The van der Waals surface area contributed by atoms with E-state index < -0.39 is 0 Å². The quantitative estimate of drug-likeness (QED) is 0.939. The number of ether oxygens (including phenoxy) is 1. The molecule has 1 N–H and O–H groups in total. The van der Waals surface area contributed by atoms with E-state index in [0.29, 0.717) is 31.9 Å². The minimum absolute atomic E-state index is 0.179. The maximum Gasteiger partial charge on any atom is 0.146 e. The van der Waals surface area contributed by atoms with Crippen LogP contribution in [-0.2, 0) is 13.1 Å². The number of nitrogens with one attached hydrogen (secondary N) is 1. The van der Waals surface area contributed by atoms with Crippen LogP contribution in [0.25, 0.3) is 0 Å². The predicted octanol–water partition coefficient (Wildman–Crippen LogP) is 2.94. The zero-order valence-electron chi connectivity index (χ0n) is 12.1. The number of hydrogen-bond donors (Lipinski definition) is 1. The summed E-state index contributed by atoms with van der Waals surface area (Å²) in [6.07, 6.45) is 0. The Morgan fingerprint density at radius 1 is 1.19 bits per heavy atom. The number of halogens is 1. The highest BCUT2D eigenvalue weighted by atomic mass is 19.1. The van der Waals surface area contributed by atoms with Gasteiger partial charge >= 0.3 is 0 Å². The van der Waals surface area contributed by atoms with Gasteiger partial charge < -0.3 is 15.0 Å². The van der Waals surface area contributed by atoms with Gasteiger partial charge in [0.2, 0.25) is 0 Å². The van der Waals surface area contributed by atoms with E-state index in [1.807, 2.05) is 37.4 Å². The molecule has 2 aromatic rings. The molecule has 0 atom stereocenters. The van der Waals surface area contributed by atoms with Crippen LogP contribution < -0.4 is 15.0 Å². The SMILES string of the molecule is CNCc1cccc(F)c1N1CCOc2ccccc2C1. The molecule has 110 valence electrons. The Labute approximate surface area is 124 Å². The van der Waals surface area contributed by atoms with Gasteiger partial charge in [0.05, 0.1) is 12.2 Å². The minimum atomic E-state index is -0.179. The highest BCUT2D eigenvalue weighted by Crippen LogP contribution is 2.30. The van der Waals surface area contributed by atoms with E-state index in [4.69, 9.17) is 4.74 Å². The van der Waals surface area contributed by atoms with E-state index in [0.717, 1.165) is 16.9 Å². The molecular formula is C17H19FN2O. The van der Waals surface area contributed by atoms with Crippen LogP contribution in [0.4, 0.5) is 10.1 Å². The zero-order valence-corrected chi connectivity index (χ0v) is 12.1. The van der Waals surface area contributed by atoms with Crippen molar-refractivity contribution in [3.05, 3.63) is 59.4 Å². The van der Waals surface area contributed by atoms with Crippen molar-refractivity contribution in [3.8, 4) is 5.75 Å². The fourth-order valence-corrected chi connectivity index (χ4v) is 2.76. The van der Waals surface area contributed by atoms with Crippen molar-refractivity contribution in [2.75, 3.05) is 25.1 Å². The van der Waals surface area contributed by atoms with Crippen molar-refractivity contribution in [2.24, 2.45) is 0 Å². The molecule has 0 unspecified atom stereocenters. The predicted molar refractivity (Wildman–Crippen MR) is 82.2 cm³/mol. The van der Waals surface area contributed by atoms with Gasteiger partial charge in [-0.1, -0.05) is 30.3 Å². The summed E-state index contributed by atoms with van der Waals surface area (Å²) < 4.78 is 20.1. The fraction of sp³-hybridized carbons (Fsp3) is 0.294. The summed E-state index contributed by atoms with van der Waals surface area (Å²) in [5.41, 5.74) is 2.73. The van der Waals surface area contributed by atoms with E-state index in [1.54, 1.807) is 6.07 Å². The van der Waals surface area contributed by atoms with Crippen molar-refractivity contribution < 1.29 is 9.13 Å². The normalized spacial score (nSPS) is 14.3. The average Bonchev–Trinajstić information content (AvgIpc) is 2.70. The summed E-state index contributed by atoms with van der Waals surface area (Å²) in [5, 5.41) is 3.10. The van der Waals surface area contributed by atoms with Crippen molar-refractivity contribution in [1.82, 2.24) is 5.32 Å². The number of nitrogens with zero attached hydrogens (tertiary/aromatic N) is 1. The van der Waals surface area contributed by atoms with Gasteiger partial charge in [0, 0.05) is 18.7 Å². The molecule has 1 heterocycles. The Balaban J connectivity index is 1.97. The molecule has 4 heteroatoms. The second-order valence-corrected chi connectivity index (χ2v) is 5.16. The first kappa shape index (κ1) is 13.9. The summed E-state index contributed by atoms with van der Waals surface area (Å²) >= 11 is 0. The molecule has 3 nitrogen and oxygen atoms in total. The third-order valence-corrected chi connectivity index (χ3v) is 3.71. The van der Waals surface area contributed by atoms with Crippen LogP contribution in [0.1, 0.15) is 11.1 Å². The summed E-state index contributed by atoms with van der Waals surface area (Å²) in [5.74, 6) is 0.716. The molecule has 0 saturated carbocycles. The summed E-state index contributed by atoms with van der Waals surface area (Å²) in [6, 6.07) is 13.2. The second-order valence-electron chi connectivity index (χ2n) is 5.16. The van der Waals surface area contributed by atoms with Crippen molar-refractivity contribution in [1.29, 1.82) is 0 Å². The van der Waals surface area contributed by atoms with Gasteiger partial charge in [0.25, 0.3) is 0 Å². The van der Waals surface area contributed by atoms with Crippen LogP contribution in [0.5, 0.6) is 5.75 Å². The molecule has 1 aliphatic rings. The van der Waals surface area contributed by atoms with Gasteiger partial charge in [-0.25, -0.2) is 4.39 Å². The minimum Gasteiger partial charge on any atom is -0.491 e. The Bertz CT molecular complexity index is 630. The highest BCUT2D eigenvalue weighted by Gasteiger charge is 2.20. The fourth-order valence-electron chi connectivity index (χ4n) is 2.76. The number of para-hydroxylation sites is 2. The molecule has 0 aliphatic carbocycles. The summed E-state index contributed by atoms with van der Waals surface area (Å²) in [6.45, 7) is 2.54. The molecule has 0 amide bonds. The molecule has 0 bridgehead atoms. The molecule has 2 aromatic carbocycles. The maximum absolute atomic E-state index is 14.4. The van der Waals surface area contributed by atoms with Gasteiger partial charge in [0.15, 0.2) is 0 Å². The number of rotatable bonds is 3. The first-order valence-corrected chi connectivity index (χ1v) is 7.17. The zero-order chi connectivity index (χ0) is 14.7. The molecule has 3 rings (SSSR count). The van der Waals surface area contributed by atoms with E-state index in [-0.39, 0.29) is 5.82 Å². The monoisotopic (exact) mass is 286 g/mol. The van der Waals surface area contributed by atoms with Crippen LogP contribution in [-0.4, -0.2) is 20.2 Å². The van der Waals surface area contributed by atoms with Gasteiger partial charge in [-0.15, -0.1) is 0 Å². The third-order valence-electron chi connectivity index (χ3n) is 3.71. The average molecular weight is 286 g/mol. The Hall–Kier alpha value is -2.07. The van der Waals surface area contributed by atoms with E-state index in [1.165, 1.54) is 6.07 Å². The maximum atomic E-state index is 14.4. The van der Waals surface area contributed by atoms with E-state index >= 15 is 0 Å². The molecular weight excluding hydrogens is 267 g/mol. The smallest absolute Gasteiger partial charge is 0.146 e. The van der Waals surface area contributed by atoms with Gasteiger partial charge in [-0.2, -0.15) is 0 Å². The molecule has 0 aromatic heterocycles. The number of fused-ring (bicyclic) bond motifs is 1. The van der Waals surface area contributed by atoms with Crippen LogP contribution in [0.3, 0.4) is 0 Å². The first-order chi connectivity index (χ1) is 10.3. The van der Waals surface area contributed by atoms with Crippen molar-refractivity contribution >= 4 is 5.69 Å². The third kappa shape index (κ3) is 2.85. The molecule has 0 fully saturated rings. The van der Waals surface area contributed by atoms with Crippen molar-refractivity contribution in [2.45, 2.75) is 13.1 Å².